The van der Waals surface area contributed by atoms with Crippen LogP contribution in [0, 0.1) is 6.92 Å². The van der Waals surface area contributed by atoms with Gasteiger partial charge in [-0.15, -0.1) is 0 Å². The Morgan fingerprint density at radius 2 is 1.65 bits per heavy atom. The molecule has 0 unspecified atom stereocenters. The lowest BCUT2D eigenvalue weighted by molar-refractivity contribution is 0.167. The highest BCUT2D eigenvalue weighted by molar-refractivity contribution is 5.76. The minimum Gasteiger partial charge on any atom is -0.369 e. The molecule has 0 saturated carbocycles. The highest BCUT2D eigenvalue weighted by Gasteiger charge is 2.22. The number of hydrogen-bond acceptors (Lipinski definition) is 4. The van der Waals surface area contributed by atoms with Gasteiger partial charge >= 0.3 is 0 Å². The van der Waals surface area contributed by atoms with Crippen LogP contribution >= 0.6 is 0 Å². The monoisotopic (exact) mass is 487 g/mol. The van der Waals surface area contributed by atoms with Crippen LogP contribution in [0.25, 0.3) is 28.2 Å². The second-order valence-corrected chi connectivity index (χ2v) is 10.0. The van der Waals surface area contributed by atoms with E-state index < -0.39 is 0 Å². The van der Waals surface area contributed by atoms with Gasteiger partial charge < -0.3 is 9.30 Å². The molecule has 1 fully saturated rings. The summed E-state index contributed by atoms with van der Waals surface area (Å²) in [5.74, 6) is 0. The number of hydrogen-bond donors (Lipinski definition) is 0. The maximum atomic E-state index is 5.12. The van der Waals surface area contributed by atoms with Crippen molar-refractivity contribution in [1.82, 2.24) is 24.2 Å². The molecule has 1 aliphatic carbocycles. The smallest absolute Gasteiger partial charge is 0.137 e. The minimum atomic E-state index is 0.859. The maximum absolute atomic E-state index is 5.12. The van der Waals surface area contributed by atoms with E-state index >= 15 is 0 Å². The van der Waals surface area contributed by atoms with Gasteiger partial charge in [0, 0.05) is 68.1 Å². The summed E-state index contributed by atoms with van der Waals surface area (Å²) in [6.45, 7) is 11.2. The van der Waals surface area contributed by atoms with Gasteiger partial charge in [0.2, 0.25) is 0 Å². The van der Waals surface area contributed by atoms with Crippen molar-refractivity contribution in [3.05, 3.63) is 114 Å². The van der Waals surface area contributed by atoms with E-state index in [-0.39, 0.29) is 0 Å². The molecule has 2 aliphatic rings. The molecule has 4 heterocycles. The number of allylic oxidation sites excluding steroid dienone is 4. The van der Waals surface area contributed by atoms with Gasteiger partial charge in [-0.05, 0) is 55.2 Å². The largest absolute Gasteiger partial charge is 0.369 e. The second-order valence-electron chi connectivity index (χ2n) is 10.0. The summed E-state index contributed by atoms with van der Waals surface area (Å²) < 4.78 is 2.32. The van der Waals surface area contributed by atoms with Crippen molar-refractivity contribution < 1.29 is 0 Å². The number of pyridine rings is 2. The molecule has 37 heavy (non-hydrogen) atoms. The van der Waals surface area contributed by atoms with E-state index in [0.29, 0.717) is 0 Å². The van der Waals surface area contributed by atoms with Gasteiger partial charge in [0.1, 0.15) is 5.65 Å². The molecule has 1 aliphatic heterocycles. The van der Waals surface area contributed by atoms with Gasteiger partial charge in [-0.2, -0.15) is 0 Å². The summed E-state index contributed by atoms with van der Waals surface area (Å²) in [5.41, 5.74) is 10.5. The Hall–Kier alpha value is -3.96. The van der Waals surface area contributed by atoms with Gasteiger partial charge in [-0.1, -0.05) is 54.6 Å². The molecule has 6 rings (SSSR count). The third kappa shape index (κ3) is 4.87. The molecule has 4 aromatic rings. The Balaban J connectivity index is 1.29. The van der Waals surface area contributed by atoms with Gasteiger partial charge in [0.15, 0.2) is 0 Å². The first-order valence-corrected chi connectivity index (χ1v) is 13.2. The van der Waals surface area contributed by atoms with Gasteiger partial charge in [0.25, 0.3) is 0 Å². The quantitative estimate of drug-likeness (QED) is 0.323. The molecule has 0 bridgehead atoms. The first kappa shape index (κ1) is 23.4. The maximum Gasteiger partial charge on any atom is 0.137 e. The number of aryl methyl sites for hydroxylation is 1. The molecule has 5 nitrogen and oxygen atoms in total. The third-order valence-electron chi connectivity index (χ3n) is 7.51. The Kier molecular flexibility index (Phi) is 6.46. The molecule has 3 aromatic heterocycles. The van der Waals surface area contributed by atoms with Crippen molar-refractivity contribution >= 4 is 16.9 Å². The van der Waals surface area contributed by atoms with E-state index in [0.717, 1.165) is 68.2 Å². The Bertz CT molecular complexity index is 1470. The molecule has 0 amide bonds. The van der Waals surface area contributed by atoms with Crippen molar-refractivity contribution in [1.29, 1.82) is 0 Å². The number of fused-ring (bicyclic) bond motifs is 1. The summed E-state index contributed by atoms with van der Waals surface area (Å²) in [4.78, 5) is 14.2. The van der Waals surface area contributed by atoms with Crippen LogP contribution in [0.3, 0.4) is 0 Å². The first-order chi connectivity index (χ1) is 18.2. The Morgan fingerprint density at radius 3 is 2.38 bits per heavy atom. The predicted octanol–water partition coefficient (Wildman–Crippen LogP) is 6.23. The molecule has 186 valence electrons. The third-order valence-corrected chi connectivity index (χ3v) is 7.51. The van der Waals surface area contributed by atoms with E-state index in [4.69, 9.17) is 4.98 Å². The molecule has 0 radical (unpaired) electrons. The predicted molar refractivity (Wildman–Crippen MR) is 152 cm³/mol. The van der Waals surface area contributed by atoms with Crippen molar-refractivity contribution in [2.24, 2.45) is 0 Å². The molecule has 1 aromatic carbocycles. The zero-order valence-electron chi connectivity index (χ0n) is 21.5. The Morgan fingerprint density at radius 1 is 0.892 bits per heavy atom. The van der Waals surface area contributed by atoms with Crippen LogP contribution in [0.1, 0.15) is 35.2 Å². The van der Waals surface area contributed by atoms with Gasteiger partial charge in [-0.25, -0.2) is 4.98 Å². The topological polar surface area (TPSA) is 36.7 Å². The summed E-state index contributed by atoms with van der Waals surface area (Å²) in [5, 5.41) is 0. The van der Waals surface area contributed by atoms with Crippen LogP contribution in [0.15, 0.2) is 91.9 Å². The molecule has 1 saturated heterocycles. The number of imidazole rings is 1. The van der Waals surface area contributed by atoms with Gasteiger partial charge in [-0.3, -0.25) is 9.88 Å². The highest BCUT2D eigenvalue weighted by atomic mass is 15.3. The van der Waals surface area contributed by atoms with E-state index in [9.17, 15) is 0 Å². The second kappa shape index (κ2) is 10.2. The number of benzene rings is 1. The number of rotatable bonds is 6. The fraction of sp³-hybridized carbons (Fsp3) is 0.250. The molecule has 0 spiro atoms. The van der Waals surface area contributed by atoms with Crippen molar-refractivity contribution in [2.45, 2.75) is 26.3 Å². The fourth-order valence-electron chi connectivity index (χ4n) is 5.30. The highest BCUT2D eigenvalue weighted by Crippen LogP contribution is 2.29. The van der Waals surface area contributed by atoms with Crippen molar-refractivity contribution in [2.75, 3.05) is 26.2 Å². The lowest BCUT2D eigenvalue weighted by Gasteiger charge is -2.37. The van der Waals surface area contributed by atoms with Crippen LogP contribution in [-0.4, -0.2) is 50.3 Å². The molecule has 0 N–H and O–H groups in total. The number of nitrogens with zero attached hydrogens (tertiary/aromatic N) is 5. The molecular formula is C32H33N5. The summed E-state index contributed by atoms with van der Waals surface area (Å²) >= 11 is 0. The van der Waals surface area contributed by atoms with E-state index in [1.807, 2.05) is 24.5 Å². The summed E-state index contributed by atoms with van der Waals surface area (Å²) in [6.07, 6.45) is 15.0. The van der Waals surface area contributed by atoms with Crippen LogP contribution in [0.4, 0.5) is 0 Å². The van der Waals surface area contributed by atoms with Crippen molar-refractivity contribution in [3.8, 4) is 11.3 Å². The standard InChI is InChI=1S/C32H33N5/c1-24-8-10-28(11-9-24)32-30(37-22-29(12-13-31(37)34-32)27-6-4-3-5-7-27)23-35-18-20-36(21-19-35)25(2)26-14-16-33-17-15-26/h4,6-17,22H,2-3,5,18-21,23H2,1H3. The number of aromatic nitrogens is 3. The normalized spacial score (nSPS) is 16.2. The van der Waals surface area contributed by atoms with E-state index in [2.05, 4.69) is 93.5 Å². The van der Waals surface area contributed by atoms with Crippen LogP contribution < -0.4 is 0 Å². The molecule has 5 heteroatoms. The zero-order chi connectivity index (χ0) is 25.2. The average molecular weight is 488 g/mol. The van der Waals surface area contributed by atoms with Crippen LogP contribution in [0.5, 0.6) is 0 Å². The first-order valence-electron chi connectivity index (χ1n) is 13.2. The summed E-state index contributed by atoms with van der Waals surface area (Å²) in [7, 11) is 0. The lowest BCUT2D eigenvalue weighted by Crippen LogP contribution is -2.45. The summed E-state index contributed by atoms with van der Waals surface area (Å²) in [6, 6.07) is 17.2. The molecule has 0 atom stereocenters. The van der Waals surface area contributed by atoms with E-state index in [1.54, 1.807) is 0 Å². The van der Waals surface area contributed by atoms with E-state index in [1.165, 1.54) is 28.0 Å². The van der Waals surface area contributed by atoms with Crippen molar-refractivity contribution in [3.63, 3.8) is 0 Å². The fourth-order valence-corrected chi connectivity index (χ4v) is 5.30. The molecular weight excluding hydrogens is 454 g/mol. The Labute approximate surface area is 219 Å². The average Bonchev–Trinajstić information content (AvgIpc) is 3.32. The minimum absolute atomic E-state index is 0.859. The van der Waals surface area contributed by atoms with Crippen LogP contribution in [-0.2, 0) is 6.54 Å². The zero-order valence-corrected chi connectivity index (χ0v) is 21.5. The SMILES string of the molecule is C=C(c1ccncc1)N1CCN(Cc2c(-c3ccc(C)cc3)nc3ccc(C4=CCCC=C4)cn23)CC1. The van der Waals surface area contributed by atoms with Gasteiger partial charge in [0.05, 0.1) is 11.4 Å². The number of piperazine rings is 1. The van der Waals surface area contributed by atoms with Crippen LogP contribution in [0.2, 0.25) is 0 Å². The lowest BCUT2D eigenvalue weighted by atomic mass is 10.0.